The molecule has 1 aromatic carbocycles. The van der Waals surface area contributed by atoms with Crippen LogP contribution in [0.5, 0.6) is 0 Å². The quantitative estimate of drug-likeness (QED) is 0.902. The highest BCUT2D eigenvalue weighted by Gasteiger charge is 2.30. The summed E-state index contributed by atoms with van der Waals surface area (Å²) < 4.78 is 0. The highest BCUT2D eigenvalue weighted by Crippen LogP contribution is 2.35. The van der Waals surface area contributed by atoms with Crippen LogP contribution in [0.3, 0.4) is 0 Å². The van der Waals surface area contributed by atoms with Crippen molar-refractivity contribution in [3.05, 3.63) is 35.4 Å². The van der Waals surface area contributed by atoms with Crippen molar-refractivity contribution in [1.82, 2.24) is 4.90 Å². The van der Waals surface area contributed by atoms with Gasteiger partial charge in [0.25, 0.3) is 5.91 Å². The number of rotatable bonds is 2. The van der Waals surface area contributed by atoms with Gasteiger partial charge in [-0.15, -0.1) is 0 Å². The molecule has 4 nitrogen and oxygen atoms in total. The predicted octanol–water partition coefficient (Wildman–Crippen LogP) is 2.54. The second-order valence-corrected chi connectivity index (χ2v) is 8.15. The molecule has 2 N–H and O–H groups in total. The molecule has 0 bridgehead atoms. The van der Waals surface area contributed by atoms with Crippen LogP contribution in [-0.2, 0) is 5.54 Å². The van der Waals surface area contributed by atoms with Crippen LogP contribution in [0.2, 0.25) is 0 Å². The molecule has 1 unspecified atom stereocenters. The molecular weight excluding hydrogens is 314 g/mol. The fourth-order valence-corrected chi connectivity index (χ4v) is 4.71. The Morgan fingerprint density at radius 1 is 1.32 bits per heavy atom. The maximum Gasteiger partial charge on any atom is 0.253 e. The summed E-state index contributed by atoms with van der Waals surface area (Å²) in [6.07, 6.45) is 0.941. The second-order valence-electron chi connectivity index (χ2n) is 5.81. The van der Waals surface area contributed by atoms with Crippen LogP contribution in [0, 0.1) is 0 Å². The molecule has 0 spiro atoms. The van der Waals surface area contributed by atoms with E-state index in [0.717, 1.165) is 47.9 Å². The monoisotopic (exact) mass is 335 g/mol. The first-order valence-corrected chi connectivity index (χ1v) is 9.68. The third kappa shape index (κ3) is 3.27. The van der Waals surface area contributed by atoms with Gasteiger partial charge in [-0.25, -0.2) is 0 Å². The molecule has 2 heterocycles. The zero-order valence-electron chi connectivity index (χ0n) is 12.7. The Labute approximate surface area is 139 Å². The maximum atomic E-state index is 12.7. The Kier molecular flexibility index (Phi) is 4.68. The molecule has 0 aliphatic carbocycles. The minimum atomic E-state index is -0.316. The average molecular weight is 335 g/mol. The van der Waals surface area contributed by atoms with Gasteiger partial charge in [0.1, 0.15) is 0 Å². The number of carbonyl (C=O) groups excluding carboxylic acids is 1. The van der Waals surface area contributed by atoms with Gasteiger partial charge >= 0.3 is 0 Å². The van der Waals surface area contributed by atoms with Gasteiger partial charge in [-0.05, 0) is 31.0 Å². The van der Waals surface area contributed by atoms with Crippen molar-refractivity contribution in [2.45, 2.75) is 18.9 Å². The summed E-state index contributed by atoms with van der Waals surface area (Å²) in [5.41, 5.74) is 7.42. The minimum absolute atomic E-state index is 0.132. The number of nitrogens with zero attached hydrogens (tertiary/aromatic N) is 2. The largest absolute Gasteiger partial charge is 0.379 e. The molecule has 1 saturated heterocycles. The number of nitrogens with two attached hydrogens (primary N) is 1. The first-order valence-electron chi connectivity index (χ1n) is 7.54. The van der Waals surface area contributed by atoms with Gasteiger partial charge in [-0.2, -0.15) is 11.8 Å². The van der Waals surface area contributed by atoms with Gasteiger partial charge in [0.05, 0.1) is 5.54 Å². The first kappa shape index (κ1) is 15.7. The van der Waals surface area contributed by atoms with Gasteiger partial charge in [-0.3, -0.25) is 9.79 Å². The molecule has 0 saturated carbocycles. The minimum Gasteiger partial charge on any atom is -0.379 e. The lowest BCUT2D eigenvalue weighted by Crippen LogP contribution is -2.38. The Morgan fingerprint density at radius 3 is 2.82 bits per heavy atom. The van der Waals surface area contributed by atoms with Crippen molar-refractivity contribution in [1.29, 1.82) is 0 Å². The van der Waals surface area contributed by atoms with E-state index in [1.165, 1.54) is 0 Å². The first-order chi connectivity index (χ1) is 10.6. The fraction of sp³-hybridized carbons (Fsp3) is 0.500. The van der Waals surface area contributed by atoms with E-state index in [0.29, 0.717) is 5.17 Å². The molecular formula is C16H21N3OS2. The number of benzene rings is 1. The number of thioether (sulfide) groups is 2. The molecule has 0 radical (unpaired) electrons. The number of carbonyl (C=O) groups is 1. The number of hydrogen-bond acceptors (Lipinski definition) is 5. The van der Waals surface area contributed by atoms with Crippen molar-refractivity contribution in [2.24, 2.45) is 10.7 Å². The Hall–Kier alpha value is -1.14. The molecule has 3 rings (SSSR count). The van der Waals surface area contributed by atoms with Gasteiger partial charge in [0, 0.05) is 35.9 Å². The SMILES string of the molecule is CC1(c2cccc(C(=O)N3CCSCC3)c2)CCSC(N)=N1. The third-order valence-corrected chi connectivity index (χ3v) is 5.96. The van der Waals surface area contributed by atoms with Crippen LogP contribution in [0.25, 0.3) is 0 Å². The summed E-state index contributed by atoms with van der Waals surface area (Å²) in [5, 5.41) is 0.638. The Morgan fingerprint density at radius 2 is 2.09 bits per heavy atom. The zero-order valence-corrected chi connectivity index (χ0v) is 14.4. The topological polar surface area (TPSA) is 58.7 Å². The summed E-state index contributed by atoms with van der Waals surface area (Å²) in [6, 6.07) is 7.91. The molecule has 2 aliphatic rings. The van der Waals surface area contributed by atoms with Crippen LogP contribution in [-0.4, -0.2) is 46.3 Å². The average Bonchev–Trinajstić information content (AvgIpc) is 2.55. The molecule has 22 heavy (non-hydrogen) atoms. The summed E-state index contributed by atoms with van der Waals surface area (Å²) in [4.78, 5) is 19.2. The summed E-state index contributed by atoms with van der Waals surface area (Å²) >= 11 is 3.51. The highest BCUT2D eigenvalue weighted by molar-refractivity contribution is 8.13. The van der Waals surface area contributed by atoms with Crippen LogP contribution in [0.1, 0.15) is 29.3 Å². The van der Waals surface area contributed by atoms with Crippen LogP contribution >= 0.6 is 23.5 Å². The lowest BCUT2D eigenvalue weighted by Gasteiger charge is -2.31. The number of amides is 1. The Bertz CT molecular complexity index is 599. The molecule has 1 atom stereocenters. The molecule has 1 aromatic rings. The van der Waals surface area contributed by atoms with E-state index in [1.54, 1.807) is 11.8 Å². The molecule has 6 heteroatoms. The van der Waals surface area contributed by atoms with Gasteiger partial charge in [0.2, 0.25) is 0 Å². The van der Waals surface area contributed by atoms with Crippen LogP contribution < -0.4 is 5.73 Å². The predicted molar refractivity (Wildman–Crippen MR) is 95.7 cm³/mol. The fourth-order valence-electron chi connectivity index (χ4n) is 2.83. The van der Waals surface area contributed by atoms with Crippen molar-refractivity contribution in [3.8, 4) is 0 Å². The summed E-state index contributed by atoms with van der Waals surface area (Å²) in [7, 11) is 0. The third-order valence-electron chi connectivity index (χ3n) is 4.23. The summed E-state index contributed by atoms with van der Waals surface area (Å²) in [6.45, 7) is 3.78. The number of amidine groups is 1. The lowest BCUT2D eigenvalue weighted by molar-refractivity contribution is 0.0772. The zero-order chi connectivity index (χ0) is 15.6. The Balaban J connectivity index is 1.86. The van der Waals surface area contributed by atoms with Crippen LogP contribution in [0.4, 0.5) is 0 Å². The number of hydrogen-bond donors (Lipinski definition) is 1. The lowest BCUT2D eigenvalue weighted by atomic mass is 9.88. The second kappa shape index (κ2) is 6.54. The molecule has 1 fully saturated rings. The van der Waals surface area contributed by atoms with E-state index in [1.807, 2.05) is 34.9 Å². The van der Waals surface area contributed by atoms with E-state index >= 15 is 0 Å². The van der Waals surface area contributed by atoms with E-state index < -0.39 is 0 Å². The van der Waals surface area contributed by atoms with E-state index in [-0.39, 0.29) is 11.4 Å². The number of aliphatic imine (C=N–C) groups is 1. The van der Waals surface area contributed by atoms with Crippen LogP contribution in [0.15, 0.2) is 29.3 Å². The van der Waals surface area contributed by atoms with Crippen molar-refractivity contribution >= 4 is 34.6 Å². The molecule has 0 aromatic heterocycles. The standard InChI is InChI=1S/C16H21N3OS2/c1-16(5-8-22-15(17)18-16)13-4-2-3-12(11-13)14(20)19-6-9-21-10-7-19/h2-4,11H,5-10H2,1H3,(H2,17,18). The molecule has 118 valence electrons. The normalized spacial score (nSPS) is 25.7. The molecule has 1 amide bonds. The van der Waals surface area contributed by atoms with Crippen molar-refractivity contribution < 1.29 is 4.79 Å². The van der Waals surface area contributed by atoms with E-state index in [2.05, 4.69) is 18.0 Å². The van der Waals surface area contributed by atoms with Gasteiger partial charge in [-0.1, -0.05) is 23.9 Å². The van der Waals surface area contributed by atoms with Gasteiger partial charge < -0.3 is 10.6 Å². The summed E-state index contributed by atoms with van der Waals surface area (Å²) in [5.74, 6) is 3.16. The molecule has 2 aliphatic heterocycles. The van der Waals surface area contributed by atoms with Crippen molar-refractivity contribution in [3.63, 3.8) is 0 Å². The van der Waals surface area contributed by atoms with Gasteiger partial charge in [0.15, 0.2) is 5.17 Å². The maximum absolute atomic E-state index is 12.7. The van der Waals surface area contributed by atoms with E-state index in [9.17, 15) is 4.79 Å². The smallest absolute Gasteiger partial charge is 0.253 e. The van der Waals surface area contributed by atoms with E-state index in [4.69, 9.17) is 5.73 Å². The van der Waals surface area contributed by atoms with Crippen molar-refractivity contribution in [2.75, 3.05) is 30.3 Å². The highest BCUT2D eigenvalue weighted by atomic mass is 32.2.